The number of nitrogens with one attached hydrogen (secondary N) is 1. The van der Waals surface area contributed by atoms with Crippen LogP contribution in [0.4, 0.5) is 0 Å². The van der Waals surface area contributed by atoms with E-state index in [1.165, 1.54) is 17.5 Å². The van der Waals surface area contributed by atoms with Crippen molar-refractivity contribution in [2.75, 3.05) is 6.54 Å². The van der Waals surface area contributed by atoms with Gasteiger partial charge in [0.2, 0.25) is 5.91 Å². The monoisotopic (exact) mass is 201 g/mol. The van der Waals surface area contributed by atoms with Crippen LogP contribution in [0.3, 0.4) is 0 Å². The number of rotatable bonds is 0. The van der Waals surface area contributed by atoms with E-state index in [-0.39, 0.29) is 11.8 Å². The van der Waals surface area contributed by atoms with E-state index in [1.54, 1.807) is 0 Å². The molecule has 0 saturated carbocycles. The molecule has 0 bridgehead atoms. The minimum atomic E-state index is 0.128. The average Bonchev–Trinajstić information content (AvgIpc) is 2.29. The summed E-state index contributed by atoms with van der Waals surface area (Å²) in [6.45, 7) is 0.863. The maximum atomic E-state index is 11.9. The molecule has 2 nitrogen and oxygen atoms in total. The molecule has 2 aliphatic rings. The standard InChI is InChI=1S/C13H15NO/c15-13-12-10(7-8-14-13)6-5-9-3-1-2-4-11(9)12/h1-4,10,12H,5-8H2,(H,14,15). The largest absolute Gasteiger partial charge is 0.356 e. The second-order valence-electron chi connectivity index (χ2n) is 4.55. The topological polar surface area (TPSA) is 29.1 Å². The van der Waals surface area contributed by atoms with E-state index >= 15 is 0 Å². The summed E-state index contributed by atoms with van der Waals surface area (Å²) in [5.74, 6) is 0.941. The molecule has 1 N–H and O–H groups in total. The lowest BCUT2D eigenvalue weighted by atomic mass is 9.72. The number of benzene rings is 1. The fourth-order valence-corrected chi connectivity index (χ4v) is 2.98. The van der Waals surface area contributed by atoms with E-state index in [2.05, 4.69) is 23.5 Å². The molecule has 2 unspecified atom stereocenters. The van der Waals surface area contributed by atoms with Gasteiger partial charge >= 0.3 is 0 Å². The summed E-state index contributed by atoms with van der Waals surface area (Å²) in [5.41, 5.74) is 2.64. The van der Waals surface area contributed by atoms with Gasteiger partial charge in [0, 0.05) is 6.54 Å². The molecule has 1 saturated heterocycles. The van der Waals surface area contributed by atoms with Crippen molar-refractivity contribution in [3.8, 4) is 0 Å². The first kappa shape index (κ1) is 8.96. The zero-order chi connectivity index (χ0) is 10.3. The minimum Gasteiger partial charge on any atom is -0.356 e. The first-order chi connectivity index (χ1) is 7.36. The van der Waals surface area contributed by atoms with E-state index in [0.717, 1.165) is 19.4 Å². The lowest BCUT2D eigenvalue weighted by molar-refractivity contribution is -0.125. The Morgan fingerprint density at radius 3 is 3.00 bits per heavy atom. The molecule has 1 aliphatic carbocycles. The highest BCUT2D eigenvalue weighted by molar-refractivity contribution is 5.85. The molecular formula is C13H15NO. The fraction of sp³-hybridized carbons (Fsp3) is 0.462. The second-order valence-corrected chi connectivity index (χ2v) is 4.55. The number of amides is 1. The van der Waals surface area contributed by atoms with Crippen molar-refractivity contribution < 1.29 is 4.79 Å². The molecular weight excluding hydrogens is 186 g/mol. The molecule has 1 aromatic rings. The Morgan fingerprint density at radius 1 is 1.20 bits per heavy atom. The van der Waals surface area contributed by atoms with Crippen molar-refractivity contribution in [2.45, 2.75) is 25.2 Å². The number of aryl methyl sites for hydroxylation is 1. The van der Waals surface area contributed by atoms with Crippen molar-refractivity contribution >= 4 is 5.91 Å². The number of carbonyl (C=O) groups is 1. The lowest BCUT2D eigenvalue weighted by Crippen LogP contribution is -2.42. The third kappa shape index (κ3) is 1.36. The Morgan fingerprint density at radius 2 is 2.07 bits per heavy atom. The Labute approximate surface area is 89.7 Å². The Bertz CT molecular complexity index is 399. The number of piperidine rings is 1. The Kier molecular flexibility index (Phi) is 2.01. The SMILES string of the molecule is O=C1NCCC2CCc3ccccc3C12. The van der Waals surface area contributed by atoms with Crippen LogP contribution in [0.2, 0.25) is 0 Å². The van der Waals surface area contributed by atoms with E-state index in [9.17, 15) is 4.79 Å². The van der Waals surface area contributed by atoms with Gasteiger partial charge < -0.3 is 5.32 Å². The molecule has 1 aromatic carbocycles. The van der Waals surface area contributed by atoms with Gasteiger partial charge in [0.25, 0.3) is 0 Å². The van der Waals surface area contributed by atoms with E-state index in [4.69, 9.17) is 0 Å². The van der Waals surface area contributed by atoms with Gasteiger partial charge in [-0.2, -0.15) is 0 Å². The van der Waals surface area contributed by atoms with Gasteiger partial charge in [-0.05, 0) is 36.3 Å². The second kappa shape index (κ2) is 3.37. The van der Waals surface area contributed by atoms with Gasteiger partial charge in [-0.3, -0.25) is 4.79 Å². The van der Waals surface area contributed by atoms with Gasteiger partial charge in [0.15, 0.2) is 0 Å². The van der Waals surface area contributed by atoms with Crippen LogP contribution in [0.5, 0.6) is 0 Å². The average molecular weight is 201 g/mol. The molecule has 0 spiro atoms. The molecule has 1 aliphatic heterocycles. The van der Waals surface area contributed by atoms with Crippen LogP contribution in [-0.4, -0.2) is 12.5 Å². The summed E-state index contributed by atoms with van der Waals surface area (Å²) in [7, 11) is 0. The maximum Gasteiger partial charge on any atom is 0.227 e. The van der Waals surface area contributed by atoms with Crippen LogP contribution in [-0.2, 0) is 11.2 Å². The van der Waals surface area contributed by atoms with Gasteiger partial charge in [0.05, 0.1) is 5.92 Å². The summed E-state index contributed by atoms with van der Waals surface area (Å²) in [6.07, 6.45) is 3.46. The molecule has 0 aromatic heterocycles. The normalized spacial score (nSPS) is 28.9. The molecule has 1 fully saturated rings. The van der Waals surface area contributed by atoms with Crippen LogP contribution in [0.1, 0.15) is 29.9 Å². The summed E-state index contributed by atoms with van der Waals surface area (Å²) in [4.78, 5) is 11.9. The van der Waals surface area contributed by atoms with E-state index < -0.39 is 0 Å². The maximum absolute atomic E-state index is 11.9. The molecule has 1 heterocycles. The molecule has 15 heavy (non-hydrogen) atoms. The van der Waals surface area contributed by atoms with Gasteiger partial charge in [-0.15, -0.1) is 0 Å². The zero-order valence-electron chi connectivity index (χ0n) is 8.70. The lowest BCUT2D eigenvalue weighted by Gasteiger charge is -2.36. The molecule has 2 heteroatoms. The first-order valence-electron chi connectivity index (χ1n) is 5.72. The molecule has 1 amide bonds. The first-order valence-corrected chi connectivity index (χ1v) is 5.72. The highest BCUT2D eigenvalue weighted by Crippen LogP contribution is 2.39. The Balaban J connectivity index is 2.06. The summed E-state index contributed by atoms with van der Waals surface area (Å²) < 4.78 is 0. The van der Waals surface area contributed by atoms with Crippen molar-refractivity contribution in [3.63, 3.8) is 0 Å². The van der Waals surface area contributed by atoms with Gasteiger partial charge in [-0.1, -0.05) is 24.3 Å². The molecule has 3 rings (SSSR count). The van der Waals surface area contributed by atoms with Crippen molar-refractivity contribution in [1.29, 1.82) is 0 Å². The third-order valence-corrected chi connectivity index (χ3v) is 3.74. The number of carbonyl (C=O) groups excluding carboxylic acids is 1. The van der Waals surface area contributed by atoms with Crippen LogP contribution in [0.25, 0.3) is 0 Å². The molecule has 78 valence electrons. The van der Waals surface area contributed by atoms with Gasteiger partial charge in [-0.25, -0.2) is 0 Å². The number of hydrogen-bond donors (Lipinski definition) is 1. The minimum absolute atomic E-state index is 0.128. The highest BCUT2D eigenvalue weighted by atomic mass is 16.1. The van der Waals surface area contributed by atoms with Crippen molar-refractivity contribution in [3.05, 3.63) is 35.4 Å². The van der Waals surface area contributed by atoms with Crippen LogP contribution >= 0.6 is 0 Å². The predicted octanol–water partition coefficient (Wildman–Crippen LogP) is 1.85. The quantitative estimate of drug-likeness (QED) is 0.682. The van der Waals surface area contributed by atoms with E-state index in [0.29, 0.717) is 5.92 Å². The van der Waals surface area contributed by atoms with Crippen molar-refractivity contribution in [2.24, 2.45) is 5.92 Å². The Hall–Kier alpha value is -1.31. The summed E-state index contributed by atoms with van der Waals surface area (Å²) in [6, 6.07) is 8.40. The van der Waals surface area contributed by atoms with Crippen LogP contribution in [0.15, 0.2) is 24.3 Å². The van der Waals surface area contributed by atoms with Crippen molar-refractivity contribution in [1.82, 2.24) is 5.32 Å². The number of hydrogen-bond acceptors (Lipinski definition) is 1. The van der Waals surface area contributed by atoms with Crippen LogP contribution < -0.4 is 5.32 Å². The van der Waals surface area contributed by atoms with E-state index in [1.807, 2.05) is 6.07 Å². The number of fused-ring (bicyclic) bond motifs is 3. The third-order valence-electron chi connectivity index (χ3n) is 3.74. The fourth-order valence-electron chi connectivity index (χ4n) is 2.98. The molecule has 2 atom stereocenters. The predicted molar refractivity (Wildman–Crippen MR) is 58.6 cm³/mol. The smallest absolute Gasteiger partial charge is 0.227 e. The zero-order valence-corrected chi connectivity index (χ0v) is 8.70. The van der Waals surface area contributed by atoms with Crippen LogP contribution in [0, 0.1) is 5.92 Å². The summed E-state index contributed by atoms with van der Waals surface area (Å²) >= 11 is 0. The molecule has 0 radical (unpaired) electrons. The van der Waals surface area contributed by atoms with Gasteiger partial charge in [0.1, 0.15) is 0 Å². The summed E-state index contributed by atoms with van der Waals surface area (Å²) in [5, 5.41) is 2.98. The highest BCUT2D eigenvalue weighted by Gasteiger charge is 2.36.